The van der Waals surface area contributed by atoms with Gasteiger partial charge in [0.15, 0.2) is 5.82 Å². The first-order valence-corrected chi connectivity index (χ1v) is 8.87. The second kappa shape index (κ2) is 6.86. The van der Waals surface area contributed by atoms with E-state index in [1.54, 1.807) is 6.20 Å². The van der Waals surface area contributed by atoms with Crippen LogP contribution in [0.15, 0.2) is 24.4 Å². The number of rotatable bonds is 3. The summed E-state index contributed by atoms with van der Waals surface area (Å²) >= 11 is 0. The highest BCUT2D eigenvalue weighted by atomic mass is 15.4. The van der Waals surface area contributed by atoms with E-state index in [1.807, 2.05) is 0 Å². The molecule has 0 unspecified atom stereocenters. The van der Waals surface area contributed by atoms with Crippen molar-refractivity contribution in [2.24, 2.45) is 0 Å². The first-order chi connectivity index (χ1) is 11.8. The van der Waals surface area contributed by atoms with E-state index >= 15 is 0 Å². The average Bonchev–Trinajstić information content (AvgIpc) is 2.56. The van der Waals surface area contributed by atoms with E-state index in [0.717, 1.165) is 32.0 Å². The van der Waals surface area contributed by atoms with Gasteiger partial charge in [0, 0.05) is 37.4 Å². The summed E-state index contributed by atoms with van der Waals surface area (Å²) in [4.78, 5) is 9.29. The molecule has 1 N–H and O–H groups in total. The van der Waals surface area contributed by atoms with Gasteiger partial charge in [-0.3, -0.25) is 0 Å². The molecule has 0 bridgehead atoms. The lowest BCUT2D eigenvalue weighted by molar-refractivity contribution is 0.619. The summed E-state index contributed by atoms with van der Waals surface area (Å²) in [5, 5.41) is 11.7. The number of benzene rings is 1. The zero-order valence-electron chi connectivity index (χ0n) is 15.9. The van der Waals surface area contributed by atoms with Crippen molar-refractivity contribution in [1.29, 1.82) is 0 Å². The quantitative estimate of drug-likeness (QED) is 0.927. The first kappa shape index (κ1) is 17.5. The van der Waals surface area contributed by atoms with Crippen LogP contribution in [0, 0.1) is 13.8 Å². The van der Waals surface area contributed by atoms with Gasteiger partial charge in [-0.1, -0.05) is 12.1 Å². The van der Waals surface area contributed by atoms with Crippen LogP contribution in [0.1, 0.15) is 31.9 Å². The summed E-state index contributed by atoms with van der Waals surface area (Å²) in [6.45, 7) is 14.4. The number of nitrogens with one attached hydrogen (secondary N) is 1. The molecule has 3 rings (SSSR count). The van der Waals surface area contributed by atoms with Crippen molar-refractivity contribution in [3.63, 3.8) is 0 Å². The van der Waals surface area contributed by atoms with Crippen LogP contribution in [0.4, 0.5) is 17.5 Å². The van der Waals surface area contributed by atoms with Crippen LogP contribution in [0.2, 0.25) is 0 Å². The van der Waals surface area contributed by atoms with Gasteiger partial charge in [-0.15, -0.1) is 5.10 Å². The molecule has 0 atom stereocenters. The predicted molar refractivity (Wildman–Crippen MR) is 104 cm³/mol. The van der Waals surface area contributed by atoms with Crippen molar-refractivity contribution in [3.8, 4) is 0 Å². The SMILES string of the molecule is Cc1cccc(N2CCN(c3nncc(NC(C)(C)C)n3)CC2)c1C. The van der Waals surface area contributed by atoms with Crippen LogP contribution in [0.3, 0.4) is 0 Å². The monoisotopic (exact) mass is 340 g/mol. The van der Waals surface area contributed by atoms with E-state index in [2.05, 4.69) is 83.1 Å². The van der Waals surface area contributed by atoms with Crippen LogP contribution in [-0.4, -0.2) is 46.9 Å². The molecule has 134 valence electrons. The number of aryl methyl sites for hydroxylation is 1. The fourth-order valence-electron chi connectivity index (χ4n) is 3.10. The third kappa shape index (κ3) is 4.18. The minimum Gasteiger partial charge on any atom is -0.368 e. The van der Waals surface area contributed by atoms with Gasteiger partial charge in [0.05, 0.1) is 6.20 Å². The Labute approximate surface area is 150 Å². The summed E-state index contributed by atoms with van der Waals surface area (Å²) < 4.78 is 0. The largest absolute Gasteiger partial charge is 0.368 e. The van der Waals surface area contributed by atoms with E-state index in [4.69, 9.17) is 0 Å². The van der Waals surface area contributed by atoms with Crippen molar-refractivity contribution in [3.05, 3.63) is 35.5 Å². The van der Waals surface area contributed by atoms with Crippen molar-refractivity contribution < 1.29 is 0 Å². The highest BCUT2D eigenvalue weighted by molar-refractivity contribution is 5.57. The van der Waals surface area contributed by atoms with Gasteiger partial charge < -0.3 is 15.1 Å². The topological polar surface area (TPSA) is 57.2 Å². The van der Waals surface area contributed by atoms with Gasteiger partial charge in [0.25, 0.3) is 0 Å². The predicted octanol–water partition coefficient (Wildman–Crippen LogP) is 3.03. The lowest BCUT2D eigenvalue weighted by Gasteiger charge is -2.37. The minimum atomic E-state index is -0.0469. The number of anilines is 3. The van der Waals surface area contributed by atoms with Crippen molar-refractivity contribution in [2.45, 2.75) is 40.2 Å². The summed E-state index contributed by atoms with van der Waals surface area (Å²) in [5.74, 6) is 1.48. The summed E-state index contributed by atoms with van der Waals surface area (Å²) in [6, 6.07) is 6.52. The molecule has 25 heavy (non-hydrogen) atoms. The molecular weight excluding hydrogens is 312 g/mol. The van der Waals surface area contributed by atoms with E-state index < -0.39 is 0 Å². The van der Waals surface area contributed by atoms with E-state index in [0.29, 0.717) is 5.95 Å². The maximum atomic E-state index is 4.63. The lowest BCUT2D eigenvalue weighted by Crippen LogP contribution is -2.47. The number of nitrogens with zero attached hydrogens (tertiary/aromatic N) is 5. The van der Waals surface area contributed by atoms with Gasteiger partial charge in [-0.25, -0.2) is 0 Å². The smallest absolute Gasteiger partial charge is 0.247 e. The van der Waals surface area contributed by atoms with Gasteiger partial charge in [-0.05, 0) is 51.8 Å². The van der Waals surface area contributed by atoms with Crippen LogP contribution >= 0.6 is 0 Å². The van der Waals surface area contributed by atoms with Gasteiger partial charge in [-0.2, -0.15) is 10.1 Å². The second-order valence-corrected chi connectivity index (χ2v) is 7.71. The summed E-state index contributed by atoms with van der Waals surface area (Å²) in [7, 11) is 0. The van der Waals surface area contributed by atoms with Crippen molar-refractivity contribution in [2.75, 3.05) is 41.3 Å². The fourth-order valence-corrected chi connectivity index (χ4v) is 3.10. The zero-order valence-corrected chi connectivity index (χ0v) is 15.9. The number of aromatic nitrogens is 3. The maximum absolute atomic E-state index is 4.63. The van der Waals surface area contributed by atoms with E-state index in [1.165, 1.54) is 16.8 Å². The second-order valence-electron chi connectivity index (χ2n) is 7.71. The zero-order chi connectivity index (χ0) is 18.0. The van der Waals surface area contributed by atoms with E-state index in [-0.39, 0.29) is 5.54 Å². The molecule has 1 aromatic heterocycles. The summed E-state index contributed by atoms with van der Waals surface area (Å²) in [5.41, 5.74) is 4.00. The fraction of sp³-hybridized carbons (Fsp3) is 0.526. The van der Waals surface area contributed by atoms with Crippen molar-refractivity contribution in [1.82, 2.24) is 15.2 Å². The third-order valence-corrected chi connectivity index (χ3v) is 4.53. The average molecular weight is 340 g/mol. The van der Waals surface area contributed by atoms with E-state index in [9.17, 15) is 0 Å². The third-order valence-electron chi connectivity index (χ3n) is 4.53. The molecule has 6 heteroatoms. The molecule has 0 aliphatic carbocycles. The molecule has 0 amide bonds. The minimum absolute atomic E-state index is 0.0469. The molecule has 1 aliphatic rings. The number of hydrogen-bond donors (Lipinski definition) is 1. The molecule has 2 heterocycles. The Morgan fingerprint density at radius 3 is 2.36 bits per heavy atom. The molecular formula is C19H28N6. The Bertz CT molecular complexity index is 729. The highest BCUT2D eigenvalue weighted by Crippen LogP contribution is 2.24. The number of piperazine rings is 1. The molecule has 1 saturated heterocycles. The van der Waals surface area contributed by atoms with Gasteiger partial charge in [0.2, 0.25) is 5.95 Å². The maximum Gasteiger partial charge on any atom is 0.247 e. The van der Waals surface area contributed by atoms with Crippen molar-refractivity contribution >= 4 is 17.5 Å². The Balaban J connectivity index is 1.68. The van der Waals surface area contributed by atoms with Gasteiger partial charge >= 0.3 is 0 Å². The molecule has 6 nitrogen and oxygen atoms in total. The van der Waals surface area contributed by atoms with Crippen LogP contribution in [0.25, 0.3) is 0 Å². The molecule has 0 radical (unpaired) electrons. The van der Waals surface area contributed by atoms with Crippen LogP contribution in [-0.2, 0) is 0 Å². The molecule has 1 aromatic carbocycles. The Morgan fingerprint density at radius 2 is 1.68 bits per heavy atom. The summed E-state index contributed by atoms with van der Waals surface area (Å²) in [6.07, 6.45) is 1.68. The lowest BCUT2D eigenvalue weighted by atomic mass is 10.1. The first-order valence-electron chi connectivity index (χ1n) is 8.87. The normalized spacial score (nSPS) is 15.4. The van der Waals surface area contributed by atoms with Crippen LogP contribution in [0.5, 0.6) is 0 Å². The highest BCUT2D eigenvalue weighted by Gasteiger charge is 2.21. The molecule has 0 saturated carbocycles. The Hall–Kier alpha value is -2.37. The van der Waals surface area contributed by atoms with Crippen LogP contribution < -0.4 is 15.1 Å². The Kier molecular flexibility index (Phi) is 4.79. The standard InChI is InChI=1S/C19H28N6/c1-14-7-6-8-16(15(14)2)24-9-11-25(12-10-24)18-21-17(13-20-23-18)22-19(3,4)5/h6-8,13H,9-12H2,1-5H3,(H,21,22,23). The molecule has 1 fully saturated rings. The number of hydrogen-bond acceptors (Lipinski definition) is 6. The molecule has 0 spiro atoms. The Morgan fingerprint density at radius 1 is 1.00 bits per heavy atom. The molecule has 2 aromatic rings. The van der Waals surface area contributed by atoms with Gasteiger partial charge in [0.1, 0.15) is 0 Å². The molecule has 1 aliphatic heterocycles.